The van der Waals surface area contributed by atoms with Gasteiger partial charge in [0.15, 0.2) is 0 Å². The van der Waals surface area contributed by atoms with Crippen LogP contribution in [0.1, 0.15) is 19.3 Å². The first-order chi connectivity index (χ1) is 9.04. The summed E-state index contributed by atoms with van der Waals surface area (Å²) >= 11 is 4.60. The Morgan fingerprint density at radius 1 is 1.40 bits per heavy atom. The second-order valence-electron chi connectivity index (χ2n) is 4.80. The van der Waals surface area contributed by atoms with Crippen LogP contribution in [0, 0.1) is 5.92 Å². The Kier molecular flexibility index (Phi) is 7.45. The van der Waals surface area contributed by atoms with E-state index >= 15 is 0 Å². The standard InChI is InChI=1S/C12H19BrN2O2S2.ClH/c1-14-7-4-10-5-8-15(9-6-10)19(16,17)12-3-2-11(13)18-12;/h2-3,10,14H,4-9H2,1H3;1H. The number of piperidine rings is 1. The SMILES string of the molecule is CNCCC1CCN(S(=O)(=O)c2ccc(Br)s2)CC1.Cl. The maximum atomic E-state index is 12.4. The number of halogens is 2. The predicted octanol–water partition coefficient (Wildman–Crippen LogP) is 2.94. The van der Waals surface area contributed by atoms with E-state index in [0.717, 1.165) is 29.6 Å². The molecule has 1 aliphatic heterocycles. The van der Waals surface area contributed by atoms with Crippen LogP contribution in [0.25, 0.3) is 0 Å². The molecule has 2 heterocycles. The summed E-state index contributed by atoms with van der Waals surface area (Å²) in [5, 5.41) is 3.15. The Morgan fingerprint density at radius 2 is 2.05 bits per heavy atom. The van der Waals surface area contributed by atoms with Gasteiger partial charge < -0.3 is 5.32 Å². The van der Waals surface area contributed by atoms with Crippen molar-refractivity contribution in [3.05, 3.63) is 15.9 Å². The summed E-state index contributed by atoms with van der Waals surface area (Å²) in [6, 6.07) is 3.47. The zero-order valence-electron chi connectivity index (χ0n) is 11.3. The number of nitrogens with zero attached hydrogens (tertiary/aromatic N) is 1. The van der Waals surface area contributed by atoms with Crippen molar-refractivity contribution >= 4 is 49.7 Å². The molecule has 0 atom stereocenters. The molecule has 0 saturated carbocycles. The summed E-state index contributed by atoms with van der Waals surface area (Å²) in [6.07, 6.45) is 3.07. The van der Waals surface area contributed by atoms with Gasteiger partial charge in [0.25, 0.3) is 10.0 Å². The van der Waals surface area contributed by atoms with Gasteiger partial charge in [0.1, 0.15) is 4.21 Å². The fourth-order valence-corrected chi connectivity index (χ4v) is 5.98. The average Bonchev–Trinajstić information content (AvgIpc) is 2.84. The fraction of sp³-hybridized carbons (Fsp3) is 0.667. The summed E-state index contributed by atoms with van der Waals surface area (Å²) in [6.45, 7) is 2.30. The molecule has 0 bridgehead atoms. The lowest BCUT2D eigenvalue weighted by Crippen LogP contribution is -2.38. The highest BCUT2D eigenvalue weighted by molar-refractivity contribution is 9.11. The van der Waals surface area contributed by atoms with Crippen LogP contribution < -0.4 is 5.32 Å². The van der Waals surface area contributed by atoms with E-state index in [1.165, 1.54) is 11.3 Å². The smallest absolute Gasteiger partial charge is 0.252 e. The first kappa shape index (κ1) is 18.4. The van der Waals surface area contributed by atoms with Gasteiger partial charge in [-0.1, -0.05) is 0 Å². The Balaban J connectivity index is 0.00000200. The van der Waals surface area contributed by atoms with Gasteiger partial charge in [-0.25, -0.2) is 8.42 Å². The van der Waals surface area contributed by atoms with Gasteiger partial charge in [-0.15, -0.1) is 23.7 Å². The van der Waals surface area contributed by atoms with Gasteiger partial charge in [0.05, 0.1) is 3.79 Å². The molecule has 1 aromatic rings. The molecule has 2 rings (SSSR count). The Hall–Kier alpha value is 0.340. The first-order valence-electron chi connectivity index (χ1n) is 6.44. The van der Waals surface area contributed by atoms with Crippen molar-refractivity contribution in [3.8, 4) is 0 Å². The van der Waals surface area contributed by atoms with Crippen molar-refractivity contribution in [2.45, 2.75) is 23.5 Å². The topological polar surface area (TPSA) is 49.4 Å². The zero-order chi connectivity index (χ0) is 13.9. The van der Waals surface area contributed by atoms with Crippen LogP contribution in [-0.4, -0.2) is 39.4 Å². The normalized spacial score (nSPS) is 17.9. The van der Waals surface area contributed by atoms with E-state index < -0.39 is 10.0 Å². The summed E-state index contributed by atoms with van der Waals surface area (Å²) in [5.41, 5.74) is 0. The molecule has 1 N–H and O–H groups in total. The van der Waals surface area contributed by atoms with Crippen molar-refractivity contribution in [2.75, 3.05) is 26.7 Å². The van der Waals surface area contributed by atoms with Crippen molar-refractivity contribution < 1.29 is 8.42 Å². The molecule has 1 aliphatic rings. The highest BCUT2D eigenvalue weighted by Crippen LogP contribution is 2.31. The molecule has 0 aromatic carbocycles. The number of sulfonamides is 1. The van der Waals surface area contributed by atoms with Crippen LogP contribution in [-0.2, 0) is 10.0 Å². The van der Waals surface area contributed by atoms with Crippen molar-refractivity contribution in [2.24, 2.45) is 5.92 Å². The quantitative estimate of drug-likeness (QED) is 0.822. The number of hydrogen-bond acceptors (Lipinski definition) is 4. The van der Waals surface area contributed by atoms with Crippen LogP contribution in [0.2, 0.25) is 0 Å². The van der Waals surface area contributed by atoms with Crippen LogP contribution in [0.3, 0.4) is 0 Å². The fourth-order valence-electron chi connectivity index (χ4n) is 2.35. The van der Waals surface area contributed by atoms with Gasteiger partial charge in [0.2, 0.25) is 0 Å². The lowest BCUT2D eigenvalue weighted by atomic mass is 9.95. The Morgan fingerprint density at radius 3 is 2.55 bits per heavy atom. The van der Waals surface area contributed by atoms with Gasteiger partial charge in [-0.2, -0.15) is 4.31 Å². The summed E-state index contributed by atoms with van der Waals surface area (Å²) in [7, 11) is -1.33. The molecule has 0 unspecified atom stereocenters. The molecule has 0 amide bonds. The van der Waals surface area contributed by atoms with Crippen LogP contribution >= 0.6 is 39.7 Å². The maximum absolute atomic E-state index is 12.4. The van der Waals surface area contributed by atoms with E-state index in [2.05, 4.69) is 21.2 Å². The summed E-state index contributed by atoms with van der Waals surface area (Å²) < 4.78 is 27.8. The maximum Gasteiger partial charge on any atom is 0.252 e. The van der Waals surface area contributed by atoms with E-state index in [1.54, 1.807) is 16.4 Å². The number of hydrogen-bond donors (Lipinski definition) is 1. The summed E-state index contributed by atoms with van der Waals surface area (Å²) in [5.74, 6) is 0.647. The van der Waals surface area contributed by atoms with Gasteiger partial charge in [-0.3, -0.25) is 0 Å². The van der Waals surface area contributed by atoms with E-state index in [9.17, 15) is 8.42 Å². The number of thiophene rings is 1. The number of nitrogens with one attached hydrogen (secondary N) is 1. The predicted molar refractivity (Wildman–Crippen MR) is 89.3 cm³/mol. The minimum atomic E-state index is -3.28. The van der Waals surface area contributed by atoms with E-state index in [1.807, 2.05) is 7.05 Å². The molecule has 0 spiro atoms. The molecule has 1 saturated heterocycles. The van der Waals surface area contributed by atoms with Crippen molar-refractivity contribution in [1.82, 2.24) is 9.62 Å². The molecular formula is C12H20BrClN2O2S2. The third kappa shape index (κ3) is 4.42. The van der Waals surface area contributed by atoms with Crippen LogP contribution in [0.5, 0.6) is 0 Å². The minimum absolute atomic E-state index is 0. The third-order valence-electron chi connectivity index (χ3n) is 3.52. The van der Waals surface area contributed by atoms with Crippen molar-refractivity contribution in [1.29, 1.82) is 0 Å². The molecule has 1 fully saturated rings. The number of rotatable bonds is 5. The zero-order valence-corrected chi connectivity index (χ0v) is 15.4. The Labute approximate surface area is 139 Å². The van der Waals surface area contributed by atoms with E-state index in [4.69, 9.17) is 0 Å². The van der Waals surface area contributed by atoms with E-state index in [-0.39, 0.29) is 12.4 Å². The lowest BCUT2D eigenvalue weighted by Gasteiger charge is -2.30. The monoisotopic (exact) mass is 402 g/mol. The molecule has 20 heavy (non-hydrogen) atoms. The van der Waals surface area contributed by atoms with Crippen molar-refractivity contribution in [3.63, 3.8) is 0 Å². The van der Waals surface area contributed by atoms with Crippen LogP contribution in [0.4, 0.5) is 0 Å². The van der Waals surface area contributed by atoms with Gasteiger partial charge in [0, 0.05) is 13.1 Å². The Bertz CT molecular complexity index is 513. The molecule has 4 nitrogen and oxygen atoms in total. The second-order valence-corrected chi connectivity index (χ2v) is 9.43. The van der Waals surface area contributed by atoms with Gasteiger partial charge >= 0.3 is 0 Å². The summed E-state index contributed by atoms with van der Waals surface area (Å²) in [4.78, 5) is 0. The first-order valence-corrected chi connectivity index (χ1v) is 9.49. The third-order valence-corrected chi connectivity index (χ3v) is 7.51. The molecule has 0 radical (unpaired) electrons. The molecule has 0 aliphatic carbocycles. The highest BCUT2D eigenvalue weighted by atomic mass is 79.9. The molecule has 1 aromatic heterocycles. The average molecular weight is 404 g/mol. The minimum Gasteiger partial charge on any atom is -0.320 e. The van der Waals surface area contributed by atoms with Gasteiger partial charge in [-0.05, 0) is 66.8 Å². The molecule has 8 heteroatoms. The largest absolute Gasteiger partial charge is 0.320 e. The van der Waals surface area contributed by atoms with Crippen LogP contribution in [0.15, 0.2) is 20.1 Å². The molecule has 116 valence electrons. The molecular weight excluding hydrogens is 384 g/mol. The highest BCUT2D eigenvalue weighted by Gasteiger charge is 2.30. The lowest BCUT2D eigenvalue weighted by molar-refractivity contribution is 0.263. The second kappa shape index (κ2) is 8.10. The van der Waals surface area contributed by atoms with E-state index in [0.29, 0.717) is 23.2 Å².